The number of para-hydroxylation sites is 1. The highest BCUT2D eigenvalue weighted by Crippen LogP contribution is 2.20. The van der Waals surface area contributed by atoms with Gasteiger partial charge in [0.05, 0.1) is 6.20 Å². The monoisotopic (exact) mass is 333 g/mol. The van der Waals surface area contributed by atoms with Crippen LogP contribution in [0.1, 0.15) is 0 Å². The molecule has 2 aromatic heterocycles. The van der Waals surface area contributed by atoms with Gasteiger partial charge < -0.3 is 5.32 Å². The van der Waals surface area contributed by atoms with E-state index < -0.39 is 11.6 Å². The molecule has 0 radical (unpaired) electrons. The van der Waals surface area contributed by atoms with Crippen LogP contribution in [-0.4, -0.2) is 32.5 Å². The van der Waals surface area contributed by atoms with Crippen molar-refractivity contribution in [3.05, 3.63) is 54.2 Å². The summed E-state index contributed by atoms with van der Waals surface area (Å²) in [6.45, 7) is 0.738. The number of halogens is 2. The van der Waals surface area contributed by atoms with E-state index >= 15 is 0 Å². The molecule has 0 spiro atoms. The van der Waals surface area contributed by atoms with E-state index in [1.807, 2.05) is 30.3 Å². The normalized spacial score (nSPS) is 10.7. The Morgan fingerprint density at radius 3 is 2.78 bits per heavy atom. The van der Waals surface area contributed by atoms with E-state index in [0.29, 0.717) is 5.16 Å². The van der Waals surface area contributed by atoms with Crippen LogP contribution in [0.2, 0.25) is 0 Å². The number of H-pyrrole nitrogens is 1. The molecule has 3 aromatic rings. The summed E-state index contributed by atoms with van der Waals surface area (Å²) in [6, 6.07) is 10.6. The van der Waals surface area contributed by atoms with Gasteiger partial charge >= 0.3 is 0 Å². The smallest absolute Gasteiger partial charge is 0.208 e. The van der Waals surface area contributed by atoms with Crippen LogP contribution in [0.3, 0.4) is 0 Å². The molecule has 0 aliphatic rings. The van der Waals surface area contributed by atoms with Gasteiger partial charge in [0.15, 0.2) is 11.6 Å². The lowest BCUT2D eigenvalue weighted by molar-refractivity contribution is 0.575. The van der Waals surface area contributed by atoms with Gasteiger partial charge in [0, 0.05) is 24.1 Å². The zero-order valence-electron chi connectivity index (χ0n) is 12.0. The standard InChI is InChI=1S/C15H13F2N5S/c16-10-8-12(17)13(19-9-10)14-20-15(22-21-14)23-7-6-18-11-4-2-1-3-5-11/h1-5,8-9,18H,6-7H2,(H,20,21,22). The van der Waals surface area contributed by atoms with Crippen LogP contribution >= 0.6 is 11.8 Å². The molecule has 0 aliphatic carbocycles. The Hall–Kier alpha value is -2.48. The SMILES string of the molecule is Fc1cnc(-c2nc(SCCNc3ccccc3)n[nH]2)c(F)c1. The van der Waals surface area contributed by atoms with Gasteiger partial charge in [-0.05, 0) is 12.1 Å². The molecule has 1 aromatic carbocycles. The van der Waals surface area contributed by atoms with Crippen molar-refractivity contribution in [2.75, 3.05) is 17.6 Å². The summed E-state index contributed by atoms with van der Waals surface area (Å²) in [4.78, 5) is 7.85. The molecule has 0 saturated carbocycles. The molecule has 0 atom stereocenters. The third kappa shape index (κ3) is 4.04. The van der Waals surface area contributed by atoms with Gasteiger partial charge in [-0.2, -0.15) is 4.98 Å². The lowest BCUT2D eigenvalue weighted by Gasteiger charge is -2.03. The van der Waals surface area contributed by atoms with Gasteiger partial charge in [-0.25, -0.2) is 13.8 Å². The molecule has 118 valence electrons. The number of pyridine rings is 1. The lowest BCUT2D eigenvalue weighted by Crippen LogP contribution is -2.03. The van der Waals surface area contributed by atoms with Gasteiger partial charge in [-0.3, -0.25) is 5.10 Å². The van der Waals surface area contributed by atoms with Crippen molar-refractivity contribution in [2.45, 2.75) is 5.16 Å². The number of nitrogens with one attached hydrogen (secondary N) is 2. The summed E-state index contributed by atoms with van der Waals surface area (Å²) in [5.41, 5.74) is 0.995. The number of rotatable bonds is 6. The second-order valence-corrected chi connectivity index (χ2v) is 5.65. The maximum atomic E-state index is 13.6. The van der Waals surface area contributed by atoms with Crippen molar-refractivity contribution in [3.63, 3.8) is 0 Å². The van der Waals surface area contributed by atoms with E-state index in [-0.39, 0.29) is 11.5 Å². The molecule has 0 bridgehead atoms. The number of benzene rings is 1. The second-order valence-electron chi connectivity index (χ2n) is 4.59. The van der Waals surface area contributed by atoms with E-state index in [1.54, 1.807) is 0 Å². The quantitative estimate of drug-likeness (QED) is 0.535. The van der Waals surface area contributed by atoms with Crippen LogP contribution in [0.15, 0.2) is 47.8 Å². The minimum absolute atomic E-state index is 0.0480. The molecule has 0 unspecified atom stereocenters. The number of thioether (sulfide) groups is 1. The molecule has 2 heterocycles. The number of anilines is 1. The van der Waals surface area contributed by atoms with Crippen LogP contribution in [0.25, 0.3) is 11.5 Å². The van der Waals surface area contributed by atoms with Crippen LogP contribution < -0.4 is 5.32 Å². The predicted molar refractivity (Wildman–Crippen MR) is 85.2 cm³/mol. The zero-order chi connectivity index (χ0) is 16.1. The van der Waals surface area contributed by atoms with E-state index in [2.05, 4.69) is 25.5 Å². The van der Waals surface area contributed by atoms with Crippen molar-refractivity contribution < 1.29 is 8.78 Å². The Morgan fingerprint density at radius 1 is 1.17 bits per heavy atom. The molecular formula is C15H13F2N5S. The van der Waals surface area contributed by atoms with Crippen molar-refractivity contribution in [1.82, 2.24) is 20.2 Å². The topological polar surface area (TPSA) is 66.5 Å². The van der Waals surface area contributed by atoms with E-state index in [9.17, 15) is 8.78 Å². The van der Waals surface area contributed by atoms with Crippen LogP contribution in [0, 0.1) is 11.6 Å². The number of nitrogens with zero attached hydrogens (tertiary/aromatic N) is 3. The van der Waals surface area contributed by atoms with Gasteiger partial charge in [0.1, 0.15) is 11.5 Å². The average molecular weight is 333 g/mol. The van der Waals surface area contributed by atoms with E-state index in [4.69, 9.17) is 0 Å². The van der Waals surface area contributed by atoms with Crippen LogP contribution in [0.4, 0.5) is 14.5 Å². The fourth-order valence-corrected chi connectivity index (χ4v) is 2.55. The Kier molecular flexibility index (Phi) is 4.82. The van der Waals surface area contributed by atoms with Crippen molar-refractivity contribution >= 4 is 17.4 Å². The van der Waals surface area contributed by atoms with Gasteiger partial charge in [-0.1, -0.05) is 30.0 Å². The number of hydrogen-bond acceptors (Lipinski definition) is 5. The highest BCUT2D eigenvalue weighted by Gasteiger charge is 2.13. The van der Waals surface area contributed by atoms with E-state index in [1.165, 1.54) is 11.8 Å². The highest BCUT2D eigenvalue weighted by molar-refractivity contribution is 7.99. The molecule has 0 fully saturated rings. The van der Waals surface area contributed by atoms with Gasteiger partial charge in [0.25, 0.3) is 0 Å². The summed E-state index contributed by atoms with van der Waals surface area (Å²) >= 11 is 1.42. The lowest BCUT2D eigenvalue weighted by atomic mass is 10.3. The molecule has 23 heavy (non-hydrogen) atoms. The maximum absolute atomic E-state index is 13.6. The summed E-state index contributed by atoms with van der Waals surface area (Å²) in [6.07, 6.45) is 0.942. The third-order valence-electron chi connectivity index (χ3n) is 2.93. The molecule has 5 nitrogen and oxygen atoms in total. The molecule has 8 heteroatoms. The molecule has 2 N–H and O–H groups in total. The largest absolute Gasteiger partial charge is 0.384 e. The van der Waals surface area contributed by atoms with Gasteiger partial charge in [-0.15, -0.1) is 5.10 Å². The molecule has 3 rings (SSSR count). The number of hydrogen-bond donors (Lipinski definition) is 2. The Labute approximate surface area is 135 Å². The Balaban J connectivity index is 1.55. The summed E-state index contributed by atoms with van der Waals surface area (Å²) in [5.74, 6) is -0.581. The molecule has 0 aliphatic heterocycles. The summed E-state index contributed by atoms with van der Waals surface area (Å²) < 4.78 is 26.5. The minimum Gasteiger partial charge on any atom is -0.384 e. The fourth-order valence-electron chi connectivity index (χ4n) is 1.90. The second kappa shape index (κ2) is 7.19. The first-order chi connectivity index (χ1) is 11.2. The predicted octanol–water partition coefficient (Wildman–Crippen LogP) is 3.35. The summed E-state index contributed by atoms with van der Waals surface area (Å²) in [5, 5.41) is 10.4. The molecular weight excluding hydrogens is 320 g/mol. The highest BCUT2D eigenvalue weighted by atomic mass is 32.2. The van der Waals surface area contributed by atoms with Crippen molar-refractivity contribution in [3.8, 4) is 11.5 Å². The van der Waals surface area contributed by atoms with Crippen molar-refractivity contribution in [1.29, 1.82) is 0 Å². The number of aromatic amines is 1. The van der Waals surface area contributed by atoms with Crippen LogP contribution in [0.5, 0.6) is 0 Å². The first-order valence-electron chi connectivity index (χ1n) is 6.88. The third-order valence-corrected chi connectivity index (χ3v) is 3.78. The summed E-state index contributed by atoms with van der Waals surface area (Å²) in [7, 11) is 0. The van der Waals surface area contributed by atoms with E-state index in [0.717, 1.165) is 30.2 Å². The molecule has 0 amide bonds. The first-order valence-corrected chi connectivity index (χ1v) is 7.86. The van der Waals surface area contributed by atoms with Gasteiger partial charge in [0.2, 0.25) is 5.16 Å². The van der Waals surface area contributed by atoms with Crippen LogP contribution in [-0.2, 0) is 0 Å². The molecule has 0 saturated heterocycles. The Morgan fingerprint density at radius 2 is 2.00 bits per heavy atom. The first kappa shape index (κ1) is 15.4. The van der Waals surface area contributed by atoms with Crippen molar-refractivity contribution in [2.24, 2.45) is 0 Å². The zero-order valence-corrected chi connectivity index (χ0v) is 12.8. The number of aromatic nitrogens is 4. The fraction of sp³-hybridized carbons (Fsp3) is 0.133. The average Bonchev–Trinajstić information content (AvgIpc) is 3.01. The maximum Gasteiger partial charge on any atom is 0.208 e. The minimum atomic E-state index is -0.775. The Bertz CT molecular complexity index is 779.